The van der Waals surface area contributed by atoms with Crippen molar-refractivity contribution in [3.63, 3.8) is 0 Å². The summed E-state index contributed by atoms with van der Waals surface area (Å²) in [5.74, 6) is -0.813. The van der Waals surface area contributed by atoms with Crippen LogP contribution in [0, 0.1) is 0 Å². The second-order valence-corrected chi connectivity index (χ2v) is 3.76. The summed E-state index contributed by atoms with van der Waals surface area (Å²) in [5.41, 5.74) is -0.298. The van der Waals surface area contributed by atoms with Gasteiger partial charge in [0.2, 0.25) is 0 Å². The zero-order valence-corrected chi connectivity index (χ0v) is 8.76. The highest BCUT2D eigenvalue weighted by Gasteiger charge is 2.24. The van der Waals surface area contributed by atoms with E-state index in [1.54, 1.807) is 7.11 Å². The first-order chi connectivity index (χ1) is 5.93. The minimum Gasteiger partial charge on any atom is -0.480 e. The molecule has 0 heterocycles. The highest BCUT2D eigenvalue weighted by Crippen LogP contribution is 2.05. The van der Waals surface area contributed by atoms with E-state index in [1.807, 2.05) is 20.8 Å². The molecule has 0 amide bonds. The van der Waals surface area contributed by atoms with Crippen molar-refractivity contribution in [2.45, 2.75) is 38.8 Å². The van der Waals surface area contributed by atoms with Gasteiger partial charge in [-0.1, -0.05) is 6.92 Å². The average Bonchev–Trinajstić information content (AvgIpc) is 1.99. The van der Waals surface area contributed by atoms with Crippen LogP contribution in [-0.4, -0.2) is 36.4 Å². The molecular weight excluding hydrogens is 170 g/mol. The lowest BCUT2D eigenvalue weighted by Gasteiger charge is -2.28. The number of carbonyl (C=O) groups is 1. The molecule has 1 atom stereocenters. The van der Waals surface area contributed by atoms with E-state index in [2.05, 4.69) is 5.32 Å². The van der Waals surface area contributed by atoms with Crippen LogP contribution in [-0.2, 0) is 9.53 Å². The number of methoxy groups -OCH3 is 1. The summed E-state index contributed by atoms with van der Waals surface area (Å²) in [7, 11) is 1.60. The monoisotopic (exact) mass is 189 g/mol. The van der Waals surface area contributed by atoms with E-state index in [0.717, 1.165) is 0 Å². The number of carboxylic acids is 1. The van der Waals surface area contributed by atoms with Crippen molar-refractivity contribution in [1.29, 1.82) is 0 Å². The molecule has 1 unspecified atom stereocenters. The number of hydrogen-bond acceptors (Lipinski definition) is 3. The van der Waals surface area contributed by atoms with Gasteiger partial charge in [-0.3, -0.25) is 10.1 Å². The second kappa shape index (κ2) is 5.19. The molecule has 0 aliphatic heterocycles. The molecule has 0 spiro atoms. The Morgan fingerprint density at radius 3 is 2.46 bits per heavy atom. The van der Waals surface area contributed by atoms with Crippen molar-refractivity contribution in [1.82, 2.24) is 5.32 Å². The largest absolute Gasteiger partial charge is 0.480 e. The van der Waals surface area contributed by atoms with Crippen molar-refractivity contribution < 1.29 is 14.6 Å². The van der Waals surface area contributed by atoms with Crippen LogP contribution in [0.5, 0.6) is 0 Å². The highest BCUT2D eigenvalue weighted by atomic mass is 16.5. The Kier molecular flexibility index (Phi) is 4.95. The first kappa shape index (κ1) is 12.4. The van der Waals surface area contributed by atoms with Gasteiger partial charge in [0.05, 0.1) is 6.61 Å². The topological polar surface area (TPSA) is 58.6 Å². The van der Waals surface area contributed by atoms with Crippen LogP contribution in [0.2, 0.25) is 0 Å². The summed E-state index contributed by atoms with van der Waals surface area (Å²) in [6.45, 7) is 6.18. The highest BCUT2D eigenvalue weighted by molar-refractivity contribution is 5.73. The van der Waals surface area contributed by atoms with Gasteiger partial charge in [0, 0.05) is 12.6 Å². The quantitative estimate of drug-likeness (QED) is 0.650. The van der Waals surface area contributed by atoms with Crippen molar-refractivity contribution in [3.05, 3.63) is 0 Å². The van der Waals surface area contributed by atoms with E-state index in [1.165, 1.54) is 0 Å². The van der Waals surface area contributed by atoms with Crippen LogP contribution in [0.1, 0.15) is 27.2 Å². The van der Waals surface area contributed by atoms with Gasteiger partial charge in [0.25, 0.3) is 0 Å². The number of rotatable bonds is 6. The fourth-order valence-corrected chi connectivity index (χ4v) is 1.21. The first-order valence-electron chi connectivity index (χ1n) is 4.42. The third kappa shape index (κ3) is 4.85. The van der Waals surface area contributed by atoms with Gasteiger partial charge in [-0.05, 0) is 20.3 Å². The van der Waals surface area contributed by atoms with Gasteiger partial charge in [0.1, 0.15) is 6.04 Å². The standard InChI is InChI=1S/C9H19NO3/c1-5-7(8(11)12)10-9(2,3)6-13-4/h7,10H,5-6H2,1-4H3,(H,11,12). The first-order valence-corrected chi connectivity index (χ1v) is 4.42. The third-order valence-corrected chi connectivity index (χ3v) is 1.78. The number of nitrogens with one attached hydrogen (secondary N) is 1. The lowest BCUT2D eigenvalue weighted by molar-refractivity contribution is -0.140. The lowest BCUT2D eigenvalue weighted by atomic mass is 10.0. The lowest BCUT2D eigenvalue weighted by Crippen LogP contribution is -2.51. The molecule has 0 fully saturated rings. The molecule has 0 aliphatic rings. The van der Waals surface area contributed by atoms with Crippen molar-refractivity contribution in [2.24, 2.45) is 0 Å². The van der Waals surface area contributed by atoms with Gasteiger partial charge in [-0.2, -0.15) is 0 Å². The minimum absolute atomic E-state index is 0.298. The Hall–Kier alpha value is -0.610. The molecule has 0 aromatic heterocycles. The van der Waals surface area contributed by atoms with Gasteiger partial charge in [-0.15, -0.1) is 0 Å². The molecule has 0 saturated heterocycles. The fraction of sp³-hybridized carbons (Fsp3) is 0.889. The molecule has 13 heavy (non-hydrogen) atoms. The molecule has 0 saturated carbocycles. The molecule has 2 N–H and O–H groups in total. The molecule has 78 valence electrons. The molecule has 4 nitrogen and oxygen atoms in total. The molecule has 0 aliphatic carbocycles. The van der Waals surface area contributed by atoms with E-state index in [4.69, 9.17) is 9.84 Å². The molecule has 0 aromatic carbocycles. The third-order valence-electron chi connectivity index (χ3n) is 1.78. The molecular formula is C9H19NO3. The average molecular weight is 189 g/mol. The summed E-state index contributed by atoms with van der Waals surface area (Å²) >= 11 is 0. The molecule has 0 bridgehead atoms. The maximum atomic E-state index is 10.7. The second-order valence-electron chi connectivity index (χ2n) is 3.76. The van der Waals surface area contributed by atoms with Gasteiger partial charge in [-0.25, -0.2) is 0 Å². The molecule has 4 heteroatoms. The van der Waals surface area contributed by atoms with E-state index >= 15 is 0 Å². The van der Waals surface area contributed by atoms with Crippen LogP contribution in [0.25, 0.3) is 0 Å². The molecule has 0 radical (unpaired) electrons. The van der Waals surface area contributed by atoms with Gasteiger partial charge >= 0.3 is 5.97 Å². The predicted molar refractivity (Wildman–Crippen MR) is 50.8 cm³/mol. The summed E-state index contributed by atoms with van der Waals surface area (Å²) in [4.78, 5) is 10.7. The number of carboxylic acid groups (broad SMARTS) is 1. The Morgan fingerprint density at radius 2 is 2.15 bits per heavy atom. The summed E-state index contributed by atoms with van der Waals surface area (Å²) < 4.78 is 4.98. The Bertz CT molecular complexity index is 168. The number of ether oxygens (including phenoxy) is 1. The normalized spacial score (nSPS) is 14.2. The molecule has 0 aromatic rings. The predicted octanol–water partition coefficient (Wildman–Crippen LogP) is 0.864. The fourth-order valence-electron chi connectivity index (χ4n) is 1.21. The van der Waals surface area contributed by atoms with Crippen molar-refractivity contribution >= 4 is 5.97 Å². The van der Waals surface area contributed by atoms with Crippen LogP contribution >= 0.6 is 0 Å². The zero-order valence-electron chi connectivity index (χ0n) is 8.76. The minimum atomic E-state index is -0.813. The van der Waals surface area contributed by atoms with Crippen molar-refractivity contribution in [3.8, 4) is 0 Å². The van der Waals surface area contributed by atoms with Gasteiger partial charge in [0.15, 0.2) is 0 Å². The van der Waals surface area contributed by atoms with E-state index in [9.17, 15) is 4.79 Å². The van der Waals surface area contributed by atoms with E-state index in [0.29, 0.717) is 13.0 Å². The zero-order chi connectivity index (χ0) is 10.5. The number of aliphatic carboxylic acids is 1. The Morgan fingerprint density at radius 1 is 1.62 bits per heavy atom. The molecule has 0 rings (SSSR count). The van der Waals surface area contributed by atoms with E-state index in [-0.39, 0.29) is 5.54 Å². The Balaban J connectivity index is 4.13. The van der Waals surface area contributed by atoms with E-state index < -0.39 is 12.0 Å². The summed E-state index contributed by atoms with van der Waals surface area (Å²) in [5, 5.41) is 11.8. The SMILES string of the molecule is CCC(NC(C)(C)COC)C(=O)O. The maximum absolute atomic E-state index is 10.7. The Labute approximate surface area is 79.3 Å². The smallest absolute Gasteiger partial charge is 0.320 e. The summed E-state index contributed by atoms with van der Waals surface area (Å²) in [6, 6.07) is -0.495. The van der Waals surface area contributed by atoms with Gasteiger partial charge < -0.3 is 9.84 Å². The van der Waals surface area contributed by atoms with Crippen LogP contribution in [0.15, 0.2) is 0 Å². The summed E-state index contributed by atoms with van der Waals surface area (Å²) in [6.07, 6.45) is 0.572. The van der Waals surface area contributed by atoms with Crippen LogP contribution in [0.3, 0.4) is 0 Å². The van der Waals surface area contributed by atoms with Crippen LogP contribution < -0.4 is 5.32 Å². The maximum Gasteiger partial charge on any atom is 0.320 e. The van der Waals surface area contributed by atoms with Crippen LogP contribution in [0.4, 0.5) is 0 Å². The number of hydrogen-bond donors (Lipinski definition) is 2. The van der Waals surface area contributed by atoms with Crippen molar-refractivity contribution in [2.75, 3.05) is 13.7 Å².